The maximum absolute atomic E-state index is 13.1. The molecule has 0 aromatic heterocycles. The van der Waals surface area contributed by atoms with Crippen LogP contribution >= 0.6 is 11.6 Å². The lowest BCUT2D eigenvalue weighted by molar-refractivity contribution is -0.132. The number of nitrogens with zero attached hydrogens (tertiary/aromatic N) is 2. The van der Waals surface area contributed by atoms with E-state index in [2.05, 4.69) is 25.8 Å². The first-order chi connectivity index (χ1) is 13.6. The SMILES string of the molecule is CC(C)N(C)[C@@H]1CC[C@H](N2CCC(N)C2=O)[C@H](CS(=O)(=O)c2ccc(Cl)cc2)C1. The lowest BCUT2D eigenvalue weighted by Gasteiger charge is -2.44. The Bertz CT molecular complexity index is 828. The Kier molecular flexibility index (Phi) is 6.93. The summed E-state index contributed by atoms with van der Waals surface area (Å²) in [6, 6.07) is 6.48. The molecule has 2 fully saturated rings. The zero-order valence-electron chi connectivity index (χ0n) is 17.4. The molecule has 1 saturated heterocycles. The van der Waals surface area contributed by atoms with E-state index in [1.54, 1.807) is 24.3 Å². The summed E-state index contributed by atoms with van der Waals surface area (Å²) in [6.45, 7) is 4.91. The first-order valence-electron chi connectivity index (χ1n) is 10.4. The molecule has 8 heteroatoms. The molecular formula is C21H32ClN3O3S. The van der Waals surface area contributed by atoms with Crippen molar-refractivity contribution in [1.29, 1.82) is 0 Å². The van der Waals surface area contributed by atoms with Gasteiger partial charge in [-0.3, -0.25) is 4.79 Å². The Labute approximate surface area is 179 Å². The van der Waals surface area contributed by atoms with Gasteiger partial charge >= 0.3 is 0 Å². The summed E-state index contributed by atoms with van der Waals surface area (Å²) in [7, 11) is -1.39. The van der Waals surface area contributed by atoms with Crippen LogP contribution in [-0.2, 0) is 14.6 Å². The van der Waals surface area contributed by atoms with E-state index >= 15 is 0 Å². The van der Waals surface area contributed by atoms with Crippen molar-refractivity contribution in [2.75, 3.05) is 19.3 Å². The van der Waals surface area contributed by atoms with Gasteiger partial charge in [0.05, 0.1) is 16.7 Å². The number of rotatable bonds is 6. The first-order valence-corrected chi connectivity index (χ1v) is 12.4. The third kappa shape index (κ3) is 4.95. The van der Waals surface area contributed by atoms with Gasteiger partial charge in [0.25, 0.3) is 0 Å². The van der Waals surface area contributed by atoms with Gasteiger partial charge in [-0.15, -0.1) is 0 Å². The number of amides is 1. The van der Waals surface area contributed by atoms with Gasteiger partial charge in [-0.25, -0.2) is 8.42 Å². The molecule has 1 aromatic rings. The van der Waals surface area contributed by atoms with Crippen molar-refractivity contribution in [3.63, 3.8) is 0 Å². The van der Waals surface area contributed by atoms with Crippen LogP contribution in [0.3, 0.4) is 0 Å². The highest BCUT2D eigenvalue weighted by Gasteiger charge is 2.43. The largest absolute Gasteiger partial charge is 0.338 e. The number of carbonyl (C=O) groups excluding carboxylic acids is 1. The minimum Gasteiger partial charge on any atom is -0.338 e. The van der Waals surface area contributed by atoms with Crippen molar-refractivity contribution < 1.29 is 13.2 Å². The van der Waals surface area contributed by atoms with E-state index in [1.807, 2.05) is 4.90 Å². The van der Waals surface area contributed by atoms with Crippen molar-refractivity contribution in [2.24, 2.45) is 11.7 Å². The molecule has 29 heavy (non-hydrogen) atoms. The summed E-state index contributed by atoms with van der Waals surface area (Å²) >= 11 is 5.92. The Morgan fingerprint density at radius 3 is 2.41 bits per heavy atom. The number of likely N-dealkylation sites (tertiary alicyclic amines) is 1. The molecule has 6 nitrogen and oxygen atoms in total. The normalized spacial score (nSPS) is 28.5. The van der Waals surface area contributed by atoms with Gasteiger partial charge in [0, 0.05) is 29.7 Å². The van der Waals surface area contributed by atoms with Gasteiger partial charge < -0.3 is 15.5 Å². The van der Waals surface area contributed by atoms with Crippen molar-refractivity contribution in [1.82, 2.24) is 9.80 Å². The predicted molar refractivity (Wildman–Crippen MR) is 116 cm³/mol. The molecule has 1 heterocycles. The molecule has 1 unspecified atom stereocenters. The number of benzene rings is 1. The summed E-state index contributed by atoms with van der Waals surface area (Å²) in [6.07, 6.45) is 3.16. The standard InChI is InChI=1S/C21H32ClN3O3S/c1-14(2)24(3)17-6-9-20(25-11-10-19(23)21(25)26)15(12-17)13-29(27,28)18-7-4-16(22)5-8-18/h4-5,7-8,14-15,17,19-20H,6,9-13,23H2,1-3H3/t15-,17+,19?,20-/m0/s1. The molecule has 1 aliphatic heterocycles. The molecule has 0 radical (unpaired) electrons. The van der Waals surface area contributed by atoms with Crippen LogP contribution in [0.15, 0.2) is 29.2 Å². The third-order valence-electron chi connectivity index (χ3n) is 6.59. The van der Waals surface area contributed by atoms with Gasteiger partial charge in [-0.2, -0.15) is 0 Å². The Hall–Kier alpha value is -1.15. The van der Waals surface area contributed by atoms with Crippen molar-refractivity contribution >= 4 is 27.3 Å². The van der Waals surface area contributed by atoms with E-state index in [9.17, 15) is 13.2 Å². The molecule has 1 saturated carbocycles. The maximum Gasteiger partial charge on any atom is 0.239 e. The van der Waals surface area contributed by atoms with E-state index in [0.717, 1.165) is 19.3 Å². The fraction of sp³-hybridized carbons (Fsp3) is 0.667. The average molecular weight is 442 g/mol. The summed E-state index contributed by atoms with van der Waals surface area (Å²) in [5.74, 6) is -0.134. The van der Waals surface area contributed by atoms with Crippen LogP contribution in [0, 0.1) is 5.92 Å². The zero-order valence-corrected chi connectivity index (χ0v) is 19.0. The second kappa shape index (κ2) is 8.92. The highest BCUT2D eigenvalue weighted by molar-refractivity contribution is 7.91. The van der Waals surface area contributed by atoms with Crippen LogP contribution in [0.5, 0.6) is 0 Å². The van der Waals surface area contributed by atoms with E-state index in [1.165, 1.54) is 0 Å². The third-order valence-corrected chi connectivity index (χ3v) is 8.70. The molecule has 1 aromatic carbocycles. The molecule has 3 rings (SSSR count). The van der Waals surface area contributed by atoms with Crippen LogP contribution in [-0.4, -0.2) is 67.6 Å². The number of carbonyl (C=O) groups is 1. The minimum atomic E-state index is -3.49. The second-order valence-corrected chi connectivity index (χ2v) is 11.2. The first kappa shape index (κ1) is 22.5. The van der Waals surface area contributed by atoms with Crippen molar-refractivity contribution in [2.45, 2.75) is 68.6 Å². The van der Waals surface area contributed by atoms with Crippen LogP contribution in [0.2, 0.25) is 5.02 Å². The van der Waals surface area contributed by atoms with Gasteiger partial charge in [-0.05, 0) is 76.8 Å². The van der Waals surface area contributed by atoms with E-state index in [4.69, 9.17) is 17.3 Å². The molecular weight excluding hydrogens is 410 g/mol. The number of halogens is 1. The lowest BCUT2D eigenvalue weighted by Crippen LogP contribution is -2.52. The molecule has 0 spiro atoms. The van der Waals surface area contributed by atoms with Crippen LogP contribution in [0.25, 0.3) is 0 Å². The maximum atomic E-state index is 13.1. The lowest BCUT2D eigenvalue weighted by atomic mass is 9.81. The summed E-state index contributed by atoms with van der Waals surface area (Å²) in [4.78, 5) is 17.0. The molecule has 2 aliphatic rings. The quantitative estimate of drug-likeness (QED) is 0.733. The highest BCUT2D eigenvalue weighted by atomic mass is 35.5. The van der Waals surface area contributed by atoms with Crippen molar-refractivity contribution in [3.05, 3.63) is 29.3 Å². The van der Waals surface area contributed by atoms with E-state index in [0.29, 0.717) is 30.1 Å². The number of hydrogen-bond donors (Lipinski definition) is 1. The number of nitrogens with two attached hydrogens (primary N) is 1. The highest BCUT2D eigenvalue weighted by Crippen LogP contribution is 2.35. The molecule has 1 aliphatic carbocycles. The number of hydrogen-bond acceptors (Lipinski definition) is 5. The molecule has 1 amide bonds. The minimum absolute atomic E-state index is 0.0285. The topological polar surface area (TPSA) is 83.7 Å². The molecule has 2 N–H and O–H groups in total. The van der Waals surface area contributed by atoms with Gasteiger partial charge in [0.15, 0.2) is 9.84 Å². The van der Waals surface area contributed by atoms with Crippen LogP contribution in [0.4, 0.5) is 0 Å². The van der Waals surface area contributed by atoms with Crippen molar-refractivity contribution in [3.8, 4) is 0 Å². The smallest absolute Gasteiger partial charge is 0.239 e. The molecule has 4 atom stereocenters. The van der Waals surface area contributed by atoms with Gasteiger partial charge in [0.2, 0.25) is 5.91 Å². The van der Waals surface area contributed by atoms with Crippen LogP contribution < -0.4 is 5.73 Å². The summed E-state index contributed by atoms with van der Waals surface area (Å²) in [5.41, 5.74) is 5.94. The molecule has 0 bridgehead atoms. The fourth-order valence-electron chi connectivity index (χ4n) is 4.68. The zero-order chi connectivity index (χ0) is 21.3. The van der Waals surface area contributed by atoms with E-state index < -0.39 is 15.9 Å². The molecule has 162 valence electrons. The Morgan fingerprint density at radius 2 is 1.86 bits per heavy atom. The Morgan fingerprint density at radius 1 is 1.21 bits per heavy atom. The van der Waals surface area contributed by atoms with E-state index in [-0.39, 0.29) is 28.5 Å². The summed E-state index contributed by atoms with van der Waals surface area (Å²) < 4.78 is 26.3. The van der Waals surface area contributed by atoms with Crippen LogP contribution in [0.1, 0.15) is 39.5 Å². The monoisotopic (exact) mass is 441 g/mol. The predicted octanol–water partition coefficient (Wildman–Crippen LogP) is 2.55. The van der Waals surface area contributed by atoms with Gasteiger partial charge in [-0.1, -0.05) is 11.6 Å². The second-order valence-electron chi connectivity index (χ2n) is 8.72. The Balaban J connectivity index is 1.85. The number of sulfone groups is 1. The summed E-state index contributed by atoms with van der Waals surface area (Å²) in [5, 5.41) is 0.509. The fourth-order valence-corrected chi connectivity index (χ4v) is 6.47. The average Bonchev–Trinajstić information content (AvgIpc) is 3.00. The van der Waals surface area contributed by atoms with Gasteiger partial charge in [0.1, 0.15) is 0 Å².